The van der Waals surface area contributed by atoms with Crippen molar-refractivity contribution in [3.8, 4) is 11.3 Å². The molecular weight excluding hydrogens is 295 g/mol. The zero-order valence-corrected chi connectivity index (χ0v) is 12.2. The normalized spacial score (nSPS) is 10.5. The largest absolute Gasteiger partial charge is 0.289 e. The molecule has 0 fully saturated rings. The molecule has 3 rings (SSSR count). The third-order valence-electron chi connectivity index (χ3n) is 3.46. The molecular formula is C17H15FN4O. The molecule has 0 spiro atoms. The fourth-order valence-corrected chi connectivity index (χ4v) is 2.33. The Labute approximate surface area is 132 Å². The fraction of sp³-hybridized carbons (Fsp3) is 0.0588. The van der Waals surface area contributed by atoms with Crippen molar-refractivity contribution in [2.24, 2.45) is 5.84 Å². The van der Waals surface area contributed by atoms with Crippen molar-refractivity contribution >= 4 is 5.91 Å². The highest BCUT2D eigenvalue weighted by Gasteiger charge is 2.15. The van der Waals surface area contributed by atoms with Gasteiger partial charge < -0.3 is 0 Å². The smallest absolute Gasteiger partial charge is 0.285 e. The fourth-order valence-electron chi connectivity index (χ4n) is 2.33. The molecule has 0 unspecified atom stereocenters. The van der Waals surface area contributed by atoms with E-state index in [-0.39, 0.29) is 11.5 Å². The second kappa shape index (κ2) is 6.41. The zero-order valence-electron chi connectivity index (χ0n) is 12.2. The third-order valence-corrected chi connectivity index (χ3v) is 3.46. The highest BCUT2D eigenvalue weighted by molar-refractivity contribution is 5.93. The van der Waals surface area contributed by atoms with Crippen molar-refractivity contribution in [2.45, 2.75) is 6.54 Å². The summed E-state index contributed by atoms with van der Waals surface area (Å²) in [5.74, 6) is 4.39. The van der Waals surface area contributed by atoms with Crippen LogP contribution in [0.2, 0.25) is 0 Å². The Morgan fingerprint density at radius 3 is 2.48 bits per heavy atom. The molecule has 0 saturated heterocycles. The molecule has 6 heteroatoms. The summed E-state index contributed by atoms with van der Waals surface area (Å²) in [6.45, 7) is 0.491. The summed E-state index contributed by atoms with van der Waals surface area (Å²) < 4.78 is 14.8. The van der Waals surface area contributed by atoms with E-state index in [1.807, 2.05) is 30.3 Å². The molecule has 5 nitrogen and oxygen atoms in total. The van der Waals surface area contributed by atoms with Crippen LogP contribution in [-0.4, -0.2) is 15.7 Å². The number of hydrogen-bond donors (Lipinski definition) is 2. The number of nitrogens with zero attached hydrogens (tertiary/aromatic N) is 2. The molecule has 116 valence electrons. The predicted molar refractivity (Wildman–Crippen MR) is 84.8 cm³/mol. The number of aromatic nitrogens is 2. The van der Waals surface area contributed by atoms with Crippen molar-refractivity contribution in [1.82, 2.24) is 15.2 Å². The molecule has 3 aromatic rings. The van der Waals surface area contributed by atoms with Crippen LogP contribution in [-0.2, 0) is 6.54 Å². The Morgan fingerprint density at radius 2 is 1.83 bits per heavy atom. The average molecular weight is 310 g/mol. The van der Waals surface area contributed by atoms with Crippen LogP contribution in [0.5, 0.6) is 0 Å². The highest BCUT2D eigenvalue weighted by Crippen LogP contribution is 2.22. The van der Waals surface area contributed by atoms with Crippen LogP contribution in [0, 0.1) is 5.82 Å². The van der Waals surface area contributed by atoms with E-state index >= 15 is 0 Å². The van der Waals surface area contributed by atoms with E-state index in [9.17, 15) is 9.18 Å². The van der Waals surface area contributed by atoms with Crippen LogP contribution in [0.1, 0.15) is 16.1 Å². The third kappa shape index (κ3) is 3.27. The van der Waals surface area contributed by atoms with Gasteiger partial charge in [0.2, 0.25) is 0 Å². The Balaban J connectivity index is 2.03. The first-order valence-corrected chi connectivity index (χ1v) is 7.06. The van der Waals surface area contributed by atoms with Gasteiger partial charge in [0.1, 0.15) is 5.82 Å². The first kappa shape index (κ1) is 14.9. The molecule has 23 heavy (non-hydrogen) atoms. The predicted octanol–water partition coefficient (Wildman–Crippen LogP) is 2.34. The van der Waals surface area contributed by atoms with Crippen LogP contribution in [0.4, 0.5) is 4.39 Å². The van der Waals surface area contributed by atoms with Crippen LogP contribution >= 0.6 is 0 Å². The average Bonchev–Trinajstić information content (AvgIpc) is 2.99. The van der Waals surface area contributed by atoms with Gasteiger partial charge in [0.15, 0.2) is 5.69 Å². The van der Waals surface area contributed by atoms with Crippen LogP contribution in [0.15, 0.2) is 60.7 Å². The number of nitrogen functional groups attached to an aromatic ring is 1. The standard InChI is InChI=1S/C17H15FN4O/c18-14-8-6-13(7-9-14)16-10-15(17(23)20-19)21-22(16)11-12-4-2-1-3-5-12/h1-10H,11,19H2,(H,20,23). The molecule has 0 aliphatic heterocycles. The lowest BCUT2D eigenvalue weighted by molar-refractivity contribution is 0.0948. The topological polar surface area (TPSA) is 72.9 Å². The molecule has 1 aromatic heterocycles. The Bertz CT molecular complexity index is 812. The lowest BCUT2D eigenvalue weighted by atomic mass is 10.1. The Hall–Kier alpha value is -2.99. The maximum absolute atomic E-state index is 13.1. The monoisotopic (exact) mass is 310 g/mol. The van der Waals surface area contributed by atoms with Gasteiger partial charge in [-0.2, -0.15) is 5.10 Å². The minimum Gasteiger partial charge on any atom is -0.289 e. The zero-order chi connectivity index (χ0) is 16.2. The summed E-state index contributed by atoms with van der Waals surface area (Å²) in [7, 11) is 0. The molecule has 1 amide bonds. The van der Waals surface area contributed by atoms with Crippen molar-refractivity contribution < 1.29 is 9.18 Å². The number of nitrogens with one attached hydrogen (secondary N) is 1. The van der Waals surface area contributed by atoms with E-state index in [1.54, 1.807) is 22.9 Å². The van der Waals surface area contributed by atoms with Crippen LogP contribution in [0.3, 0.4) is 0 Å². The summed E-state index contributed by atoms with van der Waals surface area (Å²) >= 11 is 0. The first-order valence-electron chi connectivity index (χ1n) is 7.06. The molecule has 1 heterocycles. The number of nitrogens with two attached hydrogens (primary N) is 1. The number of carbonyl (C=O) groups excluding carboxylic acids is 1. The van der Waals surface area contributed by atoms with Crippen molar-refractivity contribution in [1.29, 1.82) is 0 Å². The number of halogens is 1. The van der Waals surface area contributed by atoms with Crippen LogP contribution < -0.4 is 11.3 Å². The number of hydrogen-bond acceptors (Lipinski definition) is 3. The summed E-state index contributed by atoms with van der Waals surface area (Å²) in [6.07, 6.45) is 0. The molecule has 0 radical (unpaired) electrons. The van der Waals surface area contributed by atoms with Gasteiger partial charge >= 0.3 is 0 Å². The molecule has 0 bridgehead atoms. The van der Waals surface area contributed by atoms with Gasteiger partial charge in [0.25, 0.3) is 5.91 Å². The van der Waals surface area contributed by atoms with Gasteiger partial charge in [-0.15, -0.1) is 0 Å². The van der Waals surface area contributed by atoms with Crippen molar-refractivity contribution in [2.75, 3.05) is 0 Å². The molecule has 2 aromatic carbocycles. The van der Waals surface area contributed by atoms with Crippen molar-refractivity contribution in [3.63, 3.8) is 0 Å². The maximum atomic E-state index is 13.1. The summed E-state index contributed by atoms with van der Waals surface area (Å²) in [4.78, 5) is 11.7. The van der Waals surface area contributed by atoms with Gasteiger partial charge in [-0.3, -0.25) is 14.9 Å². The van der Waals surface area contributed by atoms with E-state index in [1.165, 1.54) is 12.1 Å². The number of rotatable bonds is 4. The second-order valence-corrected chi connectivity index (χ2v) is 5.04. The molecule has 3 N–H and O–H groups in total. The van der Waals surface area contributed by atoms with Gasteiger partial charge in [-0.05, 0) is 35.9 Å². The second-order valence-electron chi connectivity index (χ2n) is 5.04. The minimum atomic E-state index is -0.472. The van der Waals surface area contributed by atoms with E-state index in [0.717, 1.165) is 11.1 Å². The first-order chi connectivity index (χ1) is 11.2. The number of benzene rings is 2. The van der Waals surface area contributed by atoms with Gasteiger partial charge in [0, 0.05) is 5.56 Å². The lowest BCUT2D eigenvalue weighted by Crippen LogP contribution is -2.30. The molecule has 0 aliphatic carbocycles. The number of amides is 1. The minimum absolute atomic E-state index is 0.211. The van der Waals surface area contributed by atoms with E-state index in [0.29, 0.717) is 12.2 Å². The number of hydrazine groups is 1. The molecule has 0 atom stereocenters. The van der Waals surface area contributed by atoms with E-state index in [2.05, 4.69) is 10.5 Å². The van der Waals surface area contributed by atoms with Crippen molar-refractivity contribution in [3.05, 3.63) is 77.7 Å². The van der Waals surface area contributed by atoms with Gasteiger partial charge in [0.05, 0.1) is 12.2 Å². The summed E-state index contributed by atoms with van der Waals surface area (Å²) in [6, 6.07) is 17.4. The molecule has 0 aliphatic rings. The molecule has 0 saturated carbocycles. The van der Waals surface area contributed by atoms with Crippen LogP contribution in [0.25, 0.3) is 11.3 Å². The Kier molecular flexibility index (Phi) is 4.16. The SMILES string of the molecule is NNC(=O)c1cc(-c2ccc(F)cc2)n(Cc2ccccc2)n1. The summed E-state index contributed by atoms with van der Waals surface area (Å²) in [5, 5.41) is 4.31. The van der Waals surface area contributed by atoms with Gasteiger partial charge in [-0.1, -0.05) is 30.3 Å². The van der Waals surface area contributed by atoms with E-state index < -0.39 is 5.91 Å². The Morgan fingerprint density at radius 1 is 1.13 bits per heavy atom. The quantitative estimate of drug-likeness (QED) is 0.441. The van der Waals surface area contributed by atoms with E-state index in [4.69, 9.17) is 5.84 Å². The van der Waals surface area contributed by atoms with Gasteiger partial charge in [-0.25, -0.2) is 10.2 Å². The maximum Gasteiger partial charge on any atom is 0.285 e. The summed E-state index contributed by atoms with van der Waals surface area (Å²) in [5.41, 5.74) is 4.81. The highest BCUT2D eigenvalue weighted by atomic mass is 19.1. The lowest BCUT2D eigenvalue weighted by Gasteiger charge is -2.07. The number of carbonyl (C=O) groups is 1.